The molecule has 0 saturated heterocycles. The minimum atomic E-state index is -0.513. The summed E-state index contributed by atoms with van der Waals surface area (Å²) in [5.41, 5.74) is 0.309. The van der Waals surface area contributed by atoms with Gasteiger partial charge < -0.3 is 9.73 Å². The van der Waals surface area contributed by atoms with Crippen LogP contribution >= 0.6 is 11.8 Å². The highest BCUT2D eigenvalue weighted by atomic mass is 32.2. The predicted octanol–water partition coefficient (Wildman–Crippen LogP) is 1.74. The van der Waals surface area contributed by atoms with Crippen molar-refractivity contribution >= 4 is 28.7 Å². The molecule has 0 radical (unpaired) electrons. The van der Waals surface area contributed by atoms with Crippen LogP contribution in [0.2, 0.25) is 0 Å². The van der Waals surface area contributed by atoms with E-state index in [0.717, 1.165) is 28.3 Å². The van der Waals surface area contributed by atoms with Gasteiger partial charge in [0, 0.05) is 20.6 Å². The normalized spacial score (nSPS) is 11.1. The molecule has 0 saturated carbocycles. The minimum Gasteiger partial charge on any atom is -0.461 e. The van der Waals surface area contributed by atoms with Crippen LogP contribution in [0, 0.1) is 0 Å². The number of hydrogen-bond donors (Lipinski definition) is 1. The second-order valence-electron chi connectivity index (χ2n) is 7.11. The van der Waals surface area contributed by atoms with Crippen molar-refractivity contribution in [3.05, 3.63) is 75.1 Å². The molecule has 1 amide bonds. The van der Waals surface area contributed by atoms with E-state index in [1.165, 1.54) is 24.9 Å². The van der Waals surface area contributed by atoms with Gasteiger partial charge in [-0.05, 0) is 24.1 Å². The standard InChI is InChI=1S/C22H21N5O4S/c1-26-19-17(21(29)27(2)22(26)30)20(25-18(24-19)15-9-6-12-31-15)32-13-16(28)23-11-10-14-7-4-3-5-8-14/h3-9,12H,10-11,13H2,1-2H3,(H,23,28). The summed E-state index contributed by atoms with van der Waals surface area (Å²) in [4.78, 5) is 46.5. The molecule has 3 heterocycles. The molecule has 1 N–H and O–H groups in total. The van der Waals surface area contributed by atoms with Gasteiger partial charge in [0.15, 0.2) is 17.2 Å². The number of amides is 1. The molecule has 32 heavy (non-hydrogen) atoms. The van der Waals surface area contributed by atoms with Gasteiger partial charge in [-0.25, -0.2) is 14.8 Å². The number of carbonyl (C=O) groups excluding carboxylic acids is 1. The van der Waals surface area contributed by atoms with Crippen LogP contribution < -0.4 is 16.6 Å². The Morgan fingerprint density at radius 2 is 1.84 bits per heavy atom. The summed E-state index contributed by atoms with van der Waals surface area (Å²) in [5, 5.41) is 3.38. The van der Waals surface area contributed by atoms with Crippen molar-refractivity contribution < 1.29 is 9.21 Å². The first kappa shape index (κ1) is 21.6. The zero-order valence-electron chi connectivity index (χ0n) is 17.6. The molecule has 0 bridgehead atoms. The van der Waals surface area contributed by atoms with Crippen molar-refractivity contribution in [1.82, 2.24) is 24.4 Å². The first-order chi connectivity index (χ1) is 15.5. The highest BCUT2D eigenvalue weighted by molar-refractivity contribution is 8.00. The van der Waals surface area contributed by atoms with Crippen LogP contribution in [0.3, 0.4) is 0 Å². The molecule has 3 aromatic heterocycles. The van der Waals surface area contributed by atoms with Gasteiger partial charge in [0.1, 0.15) is 10.4 Å². The van der Waals surface area contributed by atoms with Crippen molar-refractivity contribution in [3.8, 4) is 11.6 Å². The number of benzene rings is 1. The number of rotatable bonds is 7. The van der Waals surface area contributed by atoms with Crippen LogP contribution in [0.1, 0.15) is 5.56 Å². The quantitative estimate of drug-likeness (QED) is 0.336. The molecular formula is C22H21N5O4S. The third-order valence-corrected chi connectivity index (χ3v) is 5.90. The lowest BCUT2D eigenvalue weighted by Crippen LogP contribution is -2.37. The van der Waals surface area contributed by atoms with Crippen molar-refractivity contribution in [2.45, 2.75) is 11.4 Å². The van der Waals surface area contributed by atoms with Crippen molar-refractivity contribution in [2.75, 3.05) is 12.3 Å². The molecule has 0 spiro atoms. The Morgan fingerprint density at radius 3 is 2.56 bits per heavy atom. The van der Waals surface area contributed by atoms with E-state index in [9.17, 15) is 14.4 Å². The van der Waals surface area contributed by atoms with Crippen molar-refractivity contribution in [3.63, 3.8) is 0 Å². The Kier molecular flexibility index (Phi) is 6.22. The first-order valence-corrected chi connectivity index (χ1v) is 10.9. The largest absolute Gasteiger partial charge is 0.461 e. The highest BCUT2D eigenvalue weighted by Gasteiger charge is 2.19. The van der Waals surface area contributed by atoms with Crippen LogP contribution in [-0.4, -0.2) is 37.3 Å². The number of nitrogens with zero attached hydrogens (tertiary/aromatic N) is 4. The van der Waals surface area contributed by atoms with E-state index in [2.05, 4.69) is 15.3 Å². The zero-order valence-corrected chi connectivity index (χ0v) is 18.4. The Hall–Kier alpha value is -3.66. The van der Waals surface area contributed by atoms with E-state index in [1.54, 1.807) is 12.1 Å². The fraction of sp³-hybridized carbons (Fsp3) is 0.227. The molecule has 0 aliphatic carbocycles. The molecule has 0 unspecified atom stereocenters. The van der Waals surface area contributed by atoms with Crippen LogP contribution in [0.25, 0.3) is 22.6 Å². The number of fused-ring (bicyclic) bond motifs is 1. The Morgan fingerprint density at radius 1 is 1.06 bits per heavy atom. The van der Waals surface area contributed by atoms with Crippen LogP contribution in [0.5, 0.6) is 0 Å². The molecule has 0 aliphatic heterocycles. The maximum absolute atomic E-state index is 12.8. The summed E-state index contributed by atoms with van der Waals surface area (Å²) in [6, 6.07) is 13.2. The van der Waals surface area contributed by atoms with E-state index in [0.29, 0.717) is 17.3 Å². The summed E-state index contributed by atoms with van der Waals surface area (Å²) in [6.45, 7) is 0.502. The van der Waals surface area contributed by atoms with E-state index < -0.39 is 11.2 Å². The molecular weight excluding hydrogens is 430 g/mol. The van der Waals surface area contributed by atoms with E-state index in [1.807, 2.05) is 30.3 Å². The van der Waals surface area contributed by atoms with Crippen LogP contribution in [0.15, 0.2) is 67.8 Å². The number of carbonyl (C=O) groups is 1. The smallest absolute Gasteiger partial charge is 0.332 e. The minimum absolute atomic E-state index is 0.0600. The van der Waals surface area contributed by atoms with E-state index >= 15 is 0 Å². The fourth-order valence-electron chi connectivity index (χ4n) is 3.23. The average molecular weight is 452 g/mol. The maximum atomic E-state index is 12.8. The highest BCUT2D eigenvalue weighted by Crippen LogP contribution is 2.26. The van der Waals surface area contributed by atoms with E-state index in [4.69, 9.17) is 4.42 Å². The average Bonchev–Trinajstić information content (AvgIpc) is 3.35. The van der Waals surface area contributed by atoms with Gasteiger partial charge in [0.2, 0.25) is 5.91 Å². The maximum Gasteiger partial charge on any atom is 0.332 e. The molecule has 9 nitrogen and oxygen atoms in total. The number of thioether (sulfide) groups is 1. The first-order valence-electron chi connectivity index (χ1n) is 9.90. The lowest BCUT2D eigenvalue weighted by atomic mass is 10.1. The third kappa shape index (κ3) is 4.35. The molecule has 4 rings (SSSR count). The predicted molar refractivity (Wildman–Crippen MR) is 122 cm³/mol. The topological polar surface area (TPSA) is 112 Å². The number of nitrogens with one attached hydrogen (secondary N) is 1. The molecule has 0 fully saturated rings. The second kappa shape index (κ2) is 9.23. The summed E-state index contributed by atoms with van der Waals surface area (Å²) in [7, 11) is 2.93. The molecule has 4 aromatic rings. The second-order valence-corrected chi connectivity index (χ2v) is 8.07. The monoisotopic (exact) mass is 451 g/mol. The number of furan rings is 1. The van der Waals surface area contributed by atoms with Gasteiger partial charge in [-0.2, -0.15) is 0 Å². The molecule has 0 aliphatic rings. The van der Waals surface area contributed by atoms with Crippen LogP contribution in [-0.2, 0) is 25.3 Å². The van der Waals surface area contributed by atoms with Gasteiger partial charge in [-0.1, -0.05) is 42.1 Å². The van der Waals surface area contributed by atoms with E-state index in [-0.39, 0.29) is 28.5 Å². The lowest BCUT2D eigenvalue weighted by Gasteiger charge is -2.11. The van der Waals surface area contributed by atoms with Gasteiger partial charge in [-0.15, -0.1) is 0 Å². The molecule has 164 valence electrons. The van der Waals surface area contributed by atoms with Crippen LogP contribution in [0.4, 0.5) is 0 Å². The Balaban J connectivity index is 1.60. The zero-order chi connectivity index (χ0) is 22.7. The lowest BCUT2D eigenvalue weighted by molar-refractivity contribution is -0.118. The van der Waals surface area contributed by atoms with Gasteiger partial charge in [0.05, 0.1) is 12.0 Å². The summed E-state index contributed by atoms with van der Waals surface area (Å²) < 4.78 is 7.67. The fourth-order valence-corrected chi connectivity index (χ4v) is 4.07. The van der Waals surface area contributed by atoms with Gasteiger partial charge in [-0.3, -0.25) is 18.7 Å². The van der Waals surface area contributed by atoms with Gasteiger partial charge >= 0.3 is 5.69 Å². The number of aryl methyl sites for hydroxylation is 1. The third-order valence-electron chi connectivity index (χ3n) is 4.93. The number of hydrogen-bond acceptors (Lipinski definition) is 7. The van der Waals surface area contributed by atoms with Crippen molar-refractivity contribution in [2.24, 2.45) is 14.1 Å². The number of aromatic nitrogens is 4. The van der Waals surface area contributed by atoms with Crippen molar-refractivity contribution in [1.29, 1.82) is 0 Å². The summed E-state index contributed by atoms with van der Waals surface area (Å²) in [5.74, 6) is 0.510. The molecule has 0 atom stereocenters. The molecule has 10 heteroatoms. The van der Waals surface area contributed by atoms with Gasteiger partial charge in [0.25, 0.3) is 5.56 Å². The SMILES string of the molecule is Cn1c(=O)c2c(SCC(=O)NCCc3ccccc3)nc(-c3ccco3)nc2n(C)c1=O. The summed E-state index contributed by atoms with van der Waals surface area (Å²) in [6.07, 6.45) is 2.21. The summed E-state index contributed by atoms with van der Waals surface area (Å²) >= 11 is 1.12. The Bertz CT molecular complexity index is 1380. The Labute approximate surface area is 187 Å². The molecule has 1 aromatic carbocycles.